The molecule has 2 unspecified atom stereocenters. The summed E-state index contributed by atoms with van der Waals surface area (Å²) in [5.74, 6) is -3.42. The Morgan fingerprint density at radius 3 is 1.45 bits per heavy atom. The van der Waals surface area contributed by atoms with Crippen molar-refractivity contribution in [2.45, 2.75) is 24.9 Å². The molecule has 0 radical (unpaired) electrons. The number of amides is 1. The summed E-state index contributed by atoms with van der Waals surface area (Å²) in [4.78, 5) is 39.1. The minimum absolute atomic E-state index is 0.0213. The molecule has 0 saturated carbocycles. The number of carboxylic acids is 3. The molecule has 12 heteroatoms. The maximum Gasteiger partial charge on any atom is 0.321 e. The largest absolute Gasteiger partial charge is 0.480 e. The number of carbonyl (C=O) groups is 4. The Balaban J connectivity index is -0.000000263. The highest BCUT2D eigenvalue weighted by Gasteiger charge is 2.11. The van der Waals surface area contributed by atoms with Crippen LogP contribution in [0.15, 0.2) is 0 Å². The summed E-state index contributed by atoms with van der Waals surface area (Å²) in [5, 5.41) is 23.8. The topological polar surface area (TPSA) is 233 Å². The molecule has 0 aromatic carbocycles. The van der Waals surface area contributed by atoms with Gasteiger partial charge in [0.15, 0.2) is 0 Å². The molecular formula is C10H22N4O7S. The van der Waals surface area contributed by atoms with E-state index in [1.807, 2.05) is 0 Å². The van der Waals surface area contributed by atoms with E-state index in [0.29, 0.717) is 0 Å². The summed E-state index contributed by atoms with van der Waals surface area (Å²) in [6.07, 6.45) is 0.123. The summed E-state index contributed by atoms with van der Waals surface area (Å²) in [5.41, 5.74) is 19.3. The molecule has 0 bridgehead atoms. The third-order valence-corrected chi connectivity index (χ3v) is 2.10. The van der Waals surface area contributed by atoms with Gasteiger partial charge in [-0.2, -0.15) is 12.6 Å². The second kappa shape index (κ2) is 15.5. The van der Waals surface area contributed by atoms with Crippen LogP contribution in [0.2, 0.25) is 0 Å². The molecule has 0 heterocycles. The molecule has 0 spiro atoms. The molecule has 11 nitrogen and oxygen atoms in total. The van der Waals surface area contributed by atoms with Crippen molar-refractivity contribution >= 4 is 36.4 Å². The smallest absolute Gasteiger partial charge is 0.321 e. The molecule has 0 saturated heterocycles. The van der Waals surface area contributed by atoms with Crippen molar-refractivity contribution in [3.63, 3.8) is 0 Å². The SMILES string of the molecule is NC(=O)CCC(N)C(=O)O.NC(CS)C(=O)O.NCC(=O)O. The summed E-state index contributed by atoms with van der Waals surface area (Å²) in [6, 6.07) is -1.80. The third kappa shape index (κ3) is 23.2. The zero-order chi connectivity index (χ0) is 18.3. The number of hydrogen-bond donors (Lipinski definition) is 8. The lowest BCUT2D eigenvalue weighted by Gasteiger charge is -2.01. The predicted molar refractivity (Wildman–Crippen MR) is 80.2 cm³/mol. The lowest BCUT2D eigenvalue weighted by atomic mass is 10.2. The van der Waals surface area contributed by atoms with E-state index in [-0.39, 0.29) is 25.1 Å². The summed E-state index contributed by atoms with van der Waals surface area (Å²) >= 11 is 3.65. The molecule has 0 aromatic heterocycles. The second-order valence-corrected chi connectivity index (χ2v) is 4.04. The molecular weight excluding hydrogens is 320 g/mol. The van der Waals surface area contributed by atoms with Crippen LogP contribution in [0.4, 0.5) is 0 Å². The Morgan fingerprint density at radius 2 is 1.32 bits per heavy atom. The number of aliphatic carboxylic acids is 3. The fourth-order valence-corrected chi connectivity index (χ4v) is 0.656. The van der Waals surface area contributed by atoms with Crippen molar-refractivity contribution in [2.75, 3.05) is 12.3 Å². The Morgan fingerprint density at radius 1 is 0.955 bits per heavy atom. The molecule has 1 amide bonds. The van der Waals surface area contributed by atoms with Crippen molar-refractivity contribution in [1.29, 1.82) is 0 Å². The van der Waals surface area contributed by atoms with E-state index in [2.05, 4.69) is 18.4 Å². The van der Waals surface area contributed by atoms with Gasteiger partial charge in [-0.25, -0.2) is 0 Å². The number of carbonyl (C=O) groups excluding carboxylic acids is 1. The number of hydrogen-bond acceptors (Lipinski definition) is 8. The summed E-state index contributed by atoms with van der Waals surface area (Å²) in [7, 11) is 0. The molecule has 0 aliphatic carbocycles. The van der Waals surface area contributed by atoms with Gasteiger partial charge < -0.3 is 38.3 Å². The van der Waals surface area contributed by atoms with Gasteiger partial charge in [-0.05, 0) is 6.42 Å². The highest BCUT2D eigenvalue weighted by atomic mass is 32.1. The minimum Gasteiger partial charge on any atom is -0.480 e. The van der Waals surface area contributed by atoms with Crippen LogP contribution in [-0.2, 0) is 19.2 Å². The van der Waals surface area contributed by atoms with Gasteiger partial charge in [0.1, 0.15) is 12.1 Å². The highest BCUT2D eigenvalue weighted by molar-refractivity contribution is 7.80. The first kappa shape index (κ1) is 25.1. The van der Waals surface area contributed by atoms with Crippen LogP contribution in [0.1, 0.15) is 12.8 Å². The molecule has 130 valence electrons. The maximum atomic E-state index is 10.1. The zero-order valence-corrected chi connectivity index (χ0v) is 12.6. The Kier molecular flexibility index (Phi) is 17.7. The summed E-state index contributed by atoms with van der Waals surface area (Å²) < 4.78 is 0. The van der Waals surface area contributed by atoms with Gasteiger partial charge in [0.2, 0.25) is 5.91 Å². The average Bonchev–Trinajstić information content (AvgIpc) is 2.44. The van der Waals surface area contributed by atoms with Crippen LogP contribution < -0.4 is 22.9 Å². The maximum absolute atomic E-state index is 10.1. The van der Waals surface area contributed by atoms with Gasteiger partial charge in [-0.1, -0.05) is 0 Å². The Bertz CT molecular complexity index is 367. The van der Waals surface area contributed by atoms with E-state index in [1.54, 1.807) is 0 Å². The molecule has 0 aromatic rings. The van der Waals surface area contributed by atoms with Crippen molar-refractivity contribution in [3.8, 4) is 0 Å². The highest BCUT2D eigenvalue weighted by Crippen LogP contribution is 1.92. The van der Waals surface area contributed by atoms with Gasteiger partial charge in [0, 0.05) is 12.2 Å². The molecule has 0 aliphatic heterocycles. The van der Waals surface area contributed by atoms with E-state index < -0.39 is 35.9 Å². The fourth-order valence-electron chi connectivity index (χ4n) is 0.499. The van der Waals surface area contributed by atoms with Crippen LogP contribution in [-0.4, -0.2) is 63.5 Å². The quantitative estimate of drug-likeness (QED) is 0.218. The number of nitrogens with two attached hydrogens (primary N) is 4. The molecule has 22 heavy (non-hydrogen) atoms. The van der Waals surface area contributed by atoms with Gasteiger partial charge in [0.05, 0.1) is 6.54 Å². The molecule has 0 fully saturated rings. The molecule has 0 rings (SSSR count). The zero-order valence-electron chi connectivity index (χ0n) is 11.7. The second-order valence-electron chi connectivity index (χ2n) is 3.67. The van der Waals surface area contributed by atoms with Crippen LogP contribution >= 0.6 is 12.6 Å². The molecule has 0 aliphatic rings. The number of thiol groups is 1. The predicted octanol–water partition coefficient (Wildman–Crippen LogP) is -2.98. The standard InChI is InChI=1S/C5H10N2O3.C3H7NO2S.C2H5NO2/c6-3(5(9)10)1-2-4(7)8;4-2(1-7)3(5)6;3-1-2(4)5/h3H,1-2,6H2,(H2,7,8)(H,9,10);2,7H,1,4H2,(H,5,6);1,3H2,(H,4,5). The average molecular weight is 342 g/mol. The summed E-state index contributed by atoms with van der Waals surface area (Å²) in [6.45, 7) is -0.278. The van der Waals surface area contributed by atoms with Crippen LogP contribution in [0.5, 0.6) is 0 Å². The van der Waals surface area contributed by atoms with Crippen molar-refractivity contribution in [1.82, 2.24) is 0 Å². The fraction of sp³-hybridized carbons (Fsp3) is 0.600. The lowest BCUT2D eigenvalue weighted by molar-refractivity contribution is -0.139. The number of primary amides is 1. The van der Waals surface area contributed by atoms with Gasteiger partial charge in [0.25, 0.3) is 0 Å². The van der Waals surface area contributed by atoms with E-state index >= 15 is 0 Å². The monoisotopic (exact) mass is 342 g/mol. The van der Waals surface area contributed by atoms with Crippen molar-refractivity contribution < 1.29 is 34.5 Å². The van der Waals surface area contributed by atoms with E-state index in [0.717, 1.165) is 0 Å². The van der Waals surface area contributed by atoms with E-state index in [9.17, 15) is 19.2 Å². The lowest BCUT2D eigenvalue weighted by Crippen LogP contribution is -2.31. The van der Waals surface area contributed by atoms with Crippen LogP contribution in [0, 0.1) is 0 Å². The van der Waals surface area contributed by atoms with Gasteiger partial charge in [-0.3, -0.25) is 19.2 Å². The van der Waals surface area contributed by atoms with E-state index in [4.69, 9.17) is 32.5 Å². The number of carboxylic acid groups (broad SMARTS) is 3. The Hall–Kier alpha value is -1.89. The van der Waals surface area contributed by atoms with Crippen LogP contribution in [0.3, 0.4) is 0 Å². The first-order chi connectivity index (χ1) is 9.99. The van der Waals surface area contributed by atoms with Gasteiger partial charge in [-0.15, -0.1) is 0 Å². The van der Waals surface area contributed by atoms with Crippen molar-refractivity contribution in [3.05, 3.63) is 0 Å². The number of rotatable bonds is 7. The Labute approximate surface area is 132 Å². The van der Waals surface area contributed by atoms with Crippen molar-refractivity contribution in [2.24, 2.45) is 22.9 Å². The first-order valence-corrected chi connectivity index (χ1v) is 6.40. The molecule has 2 atom stereocenters. The van der Waals surface area contributed by atoms with E-state index in [1.165, 1.54) is 0 Å². The van der Waals surface area contributed by atoms with Crippen LogP contribution in [0.25, 0.3) is 0 Å². The van der Waals surface area contributed by atoms with Gasteiger partial charge >= 0.3 is 17.9 Å². The first-order valence-electron chi connectivity index (χ1n) is 5.77. The molecule has 11 N–H and O–H groups in total. The third-order valence-electron chi connectivity index (χ3n) is 1.71. The minimum atomic E-state index is -1.11. The normalized spacial score (nSPS) is 11.6.